The highest BCUT2D eigenvalue weighted by atomic mass is 16.4. The largest absolute Gasteiger partial charge is 0.481 e. The van der Waals surface area contributed by atoms with Gasteiger partial charge in [0.1, 0.15) is 0 Å². The fourth-order valence-corrected chi connectivity index (χ4v) is 2.01. The maximum absolute atomic E-state index is 12.4. The molecule has 21 heavy (non-hydrogen) atoms. The molecule has 0 heterocycles. The van der Waals surface area contributed by atoms with Crippen LogP contribution < -0.4 is 5.32 Å². The zero-order valence-corrected chi connectivity index (χ0v) is 13.5. The Balaban J connectivity index is 4.58. The molecule has 7 nitrogen and oxygen atoms in total. The molecule has 1 atom stereocenters. The van der Waals surface area contributed by atoms with Crippen LogP contribution in [0.4, 0.5) is 4.79 Å². The van der Waals surface area contributed by atoms with E-state index < -0.39 is 5.97 Å². The molecule has 0 fully saturated rings. The number of aliphatic carboxylic acids is 1. The molecule has 0 rings (SSSR count). The fraction of sp³-hybridized carbons (Fsp3) is 0.786. The molecule has 0 radical (unpaired) electrons. The van der Waals surface area contributed by atoms with Gasteiger partial charge >= 0.3 is 12.0 Å². The Kier molecular flexibility index (Phi) is 8.42. The van der Waals surface area contributed by atoms with Gasteiger partial charge in [-0.25, -0.2) is 4.79 Å². The van der Waals surface area contributed by atoms with Crippen molar-refractivity contribution in [3.63, 3.8) is 0 Å². The molecule has 0 saturated heterocycles. The van der Waals surface area contributed by atoms with E-state index in [1.165, 1.54) is 4.90 Å². The topological polar surface area (TPSA) is 90.0 Å². The number of nitrogens with zero attached hydrogens (tertiary/aromatic N) is 2. The standard InChI is InChI=1S/C14H27N3O4/c1-10(2)17(8-6-7-12(18)19)14(21)16(5)9-11(3)13(20)15-4/h10-11H,6-9H2,1-5H3,(H,15,20)(H,18,19). The maximum atomic E-state index is 12.4. The zero-order chi connectivity index (χ0) is 16.6. The molecule has 1 unspecified atom stereocenters. The summed E-state index contributed by atoms with van der Waals surface area (Å²) in [6, 6.07) is -0.213. The van der Waals surface area contributed by atoms with E-state index in [9.17, 15) is 14.4 Å². The molecule has 0 spiro atoms. The number of carbonyl (C=O) groups excluding carboxylic acids is 2. The minimum atomic E-state index is -0.868. The summed E-state index contributed by atoms with van der Waals surface area (Å²) in [6.45, 7) is 6.23. The highest BCUT2D eigenvalue weighted by Gasteiger charge is 2.23. The summed E-state index contributed by atoms with van der Waals surface area (Å²) in [7, 11) is 3.21. The van der Waals surface area contributed by atoms with Crippen LogP contribution in [0.2, 0.25) is 0 Å². The van der Waals surface area contributed by atoms with Crippen LogP contribution in [0.3, 0.4) is 0 Å². The predicted molar refractivity (Wildman–Crippen MR) is 80.0 cm³/mol. The molecule has 0 aliphatic carbocycles. The lowest BCUT2D eigenvalue weighted by molar-refractivity contribution is -0.137. The van der Waals surface area contributed by atoms with Gasteiger partial charge in [0.15, 0.2) is 0 Å². The van der Waals surface area contributed by atoms with Crippen molar-refractivity contribution in [3.8, 4) is 0 Å². The Morgan fingerprint density at radius 3 is 2.19 bits per heavy atom. The van der Waals surface area contributed by atoms with E-state index in [-0.39, 0.29) is 30.3 Å². The molecule has 0 aromatic carbocycles. The zero-order valence-electron chi connectivity index (χ0n) is 13.5. The third-order valence-corrected chi connectivity index (χ3v) is 3.23. The van der Waals surface area contributed by atoms with Crippen molar-refractivity contribution in [2.24, 2.45) is 5.92 Å². The van der Waals surface area contributed by atoms with Crippen LogP contribution in [0, 0.1) is 5.92 Å². The van der Waals surface area contributed by atoms with E-state index >= 15 is 0 Å². The first-order valence-corrected chi connectivity index (χ1v) is 7.15. The van der Waals surface area contributed by atoms with Gasteiger partial charge in [-0.3, -0.25) is 9.59 Å². The van der Waals surface area contributed by atoms with Crippen molar-refractivity contribution < 1.29 is 19.5 Å². The monoisotopic (exact) mass is 301 g/mol. The molecule has 7 heteroatoms. The number of urea groups is 1. The predicted octanol–water partition coefficient (Wildman–Crippen LogP) is 0.996. The molecule has 0 bridgehead atoms. The number of nitrogens with one attached hydrogen (secondary N) is 1. The molecular formula is C14H27N3O4. The first-order chi connectivity index (χ1) is 9.70. The molecular weight excluding hydrogens is 274 g/mol. The van der Waals surface area contributed by atoms with Crippen LogP contribution in [0.5, 0.6) is 0 Å². The van der Waals surface area contributed by atoms with Crippen molar-refractivity contribution in [2.45, 2.75) is 39.7 Å². The fourth-order valence-electron chi connectivity index (χ4n) is 2.01. The number of carboxylic acids is 1. The number of hydrogen-bond donors (Lipinski definition) is 2. The summed E-state index contributed by atoms with van der Waals surface area (Å²) < 4.78 is 0. The SMILES string of the molecule is CNC(=O)C(C)CN(C)C(=O)N(CCCC(=O)O)C(C)C. The second-order valence-electron chi connectivity index (χ2n) is 5.46. The van der Waals surface area contributed by atoms with Gasteiger partial charge in [0.05, 0.1) is 5.92 Å². The van der Waals surface area contributed by atoms with Gasteiger partial charge < -0.3 is 20.2 Å². The number of carbonyl (C=O) groups is 3. The molecule has 0 aromatic heterocycles. The minimum absolute atomic E-state index is 0.0240. The Bertz CT molecular complexity index is 371. The van der Waals surface area contributed by atoms with Crippen LogP contribution >= 0.6 is 0 Å². The number of rotatable bonds is 8. The normalized spacial score (nSPS) is 11.9. The van der Waals surface area contributed by atoms with Gasteiger partial charge in [0, 0.05) is 39.6 Å². The third kappa shape index (κ3) is 6.97. The van der Waals surface area contributed by atoms with E-state index in [1.807, 2.05) is 13.8 Å². The Morgan fingerprint density at radius 2 is 1.76 bits per heavy atom. The lowest BCUT2D eigenvalue weighted by atomic mass is 10.1. The van der Waals surface area contributed by atoms with Crippen LogP contribution in [-0.4, -0.2) is 66.0 Å². The molecule has 0 saturated carbocycles. The summed E-state index contributed by atoms with van der Waals surface area (Å²) in [5, 5.41) is 11.2. The van der Waals surface area contributed by atoms with E-state index in [4.69, 9.17) is 5.11 Å². The molecule has 0 aliphatic heterocycles. The van der Waals surface area contributed by atoms with Crippen molar-refractivity contribution in [3.05, 3.63) is 0 Å². The van der Waals surface area contributed by atoms with Crippen LogP contribution in [0.15, 0.2) is 0 Å². The summed E-state index contributed by atoms with van der Waals surface area (Å²) >= 11 is 0. The van der Waals surface area contributed by atoms with Gasteiger partial charge in [-0.1, -0.05) is 6.92 Å². The molecule has 0 aromatic rings. The molecule has 0 aliphatic rings. The average Bonchev–Trinajstić information content (AvgIpc) is 2.40. The minimum Gasteiger partial charge on any atom is -0.481 e. The van der Waals surface area contributed by atoms with Gasteiger partial charge in [-0.2, -0.15) is 0 Å². The van der Waals surface area contributed by atoms with E-state index in [0.29, 0.717) is 19.5 Å². The summed E-state index contributed by atoms with van der Waals surface area (Å²) in [5.41, 5.74) is 0. The first kappa shape index (κ1) is 19.2. The summed E-state index contributed by atoms with van der Waals surface area (Å²) in [6.07, 6.45) is 0.451. The lowest BCUT2D eigenvalue weighted by Gasteiger charge is -2.32. The smallest absolute Gasteiger partial charge is 0.319 e. The Labute approximate surface area is 126 Å². The van der Waals surface area contributed by atoms with Crippen molar-refractivity contribution in [2.75, 3.05) is 27.2 Å². The summed E-state index contributed by atoms with van der Waals surface area (Å²) in [4.78, 5) is 37.5. The van der Waals surface area contributed by atoms with Crippen molar-refractivity contribution >= 4 is 17.9 Å². The quantitative estimate of drug-likeness (QED) is 0.699. The van der Waals surface area contributed by atoms with Gasteiger partial charge in [-0.05, 0) is 20.3 Å². The second kappa shape index (κ2) is 9.20. The van der Waals surface area contributed by atoms with Gasteiger partial charge in [0.2, 0.25) is 5.91 Å². The van der Waals surface area contributed by atoms with E-state index in [2.05, 4.69) is 5.32 Å². The average molecular weight is 301 g/mol. The van der Waals surface area contributed by atoms with Crippen LogP contribution in [0.25, 0.3) is 0 Å². The Morgan fingerprint density at radius 1 is 1.19 bits per heavy atom. The van der Waals surface area contributed by atoms with Crippen LogP contribution in [-0.2, 0) is 9.59 Å². The molecule has 3 amide bonds. The highest BCUT2D eigenvalue weighted by Crippen LogP contribution is 2.08. The lowest BCUT2D eigenvalue weighted by Crippen LogP contribution is -2.47. The summed E-state index contributed by atoms with van der Waals surface area (Å²) in [5.74, 6) is -1.28. The van der Waals surface area contributed by atoms with Gasteiger partial charge in [0.25, 0.3) is 0 Å². The number of amides is 3. The molecule has 122 valence electrons. The number of carboxylic acid groups (broad SMARTS) is 1. The third-order valence-electron chi connectivity index (χ3n) is 3.23. The van der Waals surface area contributed by atoms with Crippen molar-refractivity contribution in [1.29, 1.82) is 0 Å². The van der Waals surface area contributed by atoms with E-state index in [0.717, 1.165) is 0 Å². The highest BCUT2D eigenvalue weighted by molar-refractivity contribution is 5.80. The van der Waals surface area contributed by atoms with Gasteiger partial charge in [-0.15, -0.1) is 0 Å². The van der Waals surface area contributed by atoms with Crippen LogP contribution in [0.1, 0.15) is 33.6 Å². The maximum Gasteiger partial charge on any atom is 0.319 e. The van der Waals surface area contributed by atoms with Crippen molar-refractivity contribution in [1.82, 2.24) is 15.1 Å². The van der Waals surface area contributed by atoms with E-state index in [1.54, 1.807) is 25.9 Å². The second-order valence-corrected chi connectivity index (χ2v) is 5.46. The Hall–Kier alpha value is -1.79. The molecule has 2 N–H and O–H groups in total. The number of hydrogen-bond acceptors (Lipinski definition) is 3. The first-order valence-electron chi connectivity index (χ1n) is 7.15.